The fraction of sp³-hybridized carbons (Fsp3) is 0.211. The normalized spacial score (nSPS) is 9.92. The number of carbonyl (C=O) groups excluding carboxylic acids is 2. The van der Waals surface area contributed by atoms with Crippen LogP contribution in [0, 0.1) is 11.3 Å². The van der Waals surface area contributed by atoms with Crippen LogP contribution in [0.15, 0.2) is 48.5 Å². The van der Waals surface area contributed by atoms with E-state index in [-0.39, 0.29) is 24.8 Å². The number of halogens is 1. The van der Waals surface area contributed by atoms with E-state index in [2.05, 4.69) is 10.6 Å². The molecule has 0 unspecified atom stereocenters. The summed E-state index contributed by atoms with van der Waals surface area (Å²) in [7, 11) is 0. The van der Waals surface area contributed by atoms with Crippen LogP contribution in [0.3, 0.4) is 0 Å². The molecule has 0 aliphatic heterocycles. The van der Waals surface area contributed by atoms with Gasteiger partial charge in [0, 0.05) is 23.7 Å². The second kappa shape index (κ2) is 9.45. The van der Waals surface area contributed by atoms with E-state index in [1.165, 1.54) is 0 Å². The third kappa shape index (κ3) is 5.94. The summed E-state index contributed by atoms with van der Waals surface area (Å²) in [6.07, 6.45) is 0.664. The lowest BCUT2D eigenvalue weighted by Gasteiger charge is -2.12. The first-order chi connectivity index (χ1) is 12.1. The van der Waals surface area contributed by atoms with E-state index < -0.39 is 0 Å². The van der Waals surface area contributed by atoms with E-state index in [1.54, 1.807) is 18.2 Å². The number of aryl methyl sites for hydroxylation is 1. The number of rotatable bonds is 7. The van der Waals surface area contributed by atoms with Gasteiger partial charge in [0.1, 0.15) is 6.42 Å². The average molecular weight is 356 g/mol. The molecule has 25 heavy (non-hydrogen) atoms. The van der Waals surface area contributed by atoms with Crippen LogP contribution in [0.5, 0.6) is 0 Å². The number of para-hydroxylation sites is 1. The highest BCUT2D eigenvalue weighted by molar-refractivity contribution is 6.31. The molecular weight excluding hydrogens is 338 g/mol. The van der Waals surface area contributed by atoms with Gasteiger partial charge in [-0.15, -0.1) is 0 Å². The second-order valence-electron chi connectivity index (χ2n) is 5.41. The Bertz CT molecular complexity index is 799. The molecule has 0 saturated heterocycles. The van der Waals surface area contributed by atoms with Crippen molar-refractivity contribution in [2.24, 2.45) is 0 Å². The molecule has 0 saturated carbocycles. The van der Waals surface area contributed by atoms with Gasteiger partial charge in [0.25, 0.3) is 0 Å². The number of hydrogen-bond donors (Lipinski definition) is 2. The van der Waals surface area contributed by atoms with Crippen LogP contribution < -0.4 is 10.6 Å². The van der Waals surface area contributed by atoms with Gasteiger partial charge in [0.2, 0.25) is 11.8 Å². The van der Waals surface area contributed by atoms with Gasteiger partial charge in [0.15, 0.2) is 0 Å². The zero-order valence-corrected chi connectivity index (χ0v) is 14.3. The van der Waals surface area contributed by atoms with Crippen molar-refractivity contribution in [3.8, 4) is 6.07 Å². The molecule has 0 bridgehead atoms. The first-order valence-corrected chi connectivity index (χ1v) is 8.22. The zero-order chi connectivity index (χ0) is 18.1. The van der Waals surface area contributed by atoms with E-state index in [0.717, 1.165) is 11.1 Å². The Morgan fingerprint density at radius 3 is 2.40 bits per heavy atom. The lowest BCUT2D eigenvalue weighted by atomic mass is 10.1. The smallest absolute Gasteiger partial charge is 0.234 e. The van der Waals surface area contributed by atoms with Crippen molar-refractivity contribution >= 4 is 29.1 Å². The molecule has 2 aromatic carbocycles. The van der Waals surface area contributed by atoms with Gasteiger partial charge in [-0.1, -0.05) is 48.0 Å². The number of hydrogen-bond acceptors (Lipinski definition) is 3. The van der Waals surface area contributed by atoms with Gasteiger partial charge in [-0.2, -0.15) is 5.26 Å². The molecule has 0 fully saturated rings. The summed E-state index contributed by atoms with van der Waals surface area (Å²) in [5, 5.41) is 14.7. The molecule has 0 heterocycles. The zero-order valence-electron chi connectivity index (χ0n) is 13.6. The number of benzene rings is 2. The predicted molar refractivity (Wildman–Crippen MR) is 96.9 cm³/mol. The van der Waals surface area contributed by atoms with Crippen molar-refractivity contribution in [2.75, 3.05) is 5.32 Å². The maximum atomic E-state index is 12.2. The van der Waals surface area contributed by atoms with E-state index in [0.29, 0.717) is 23.6 Å². The van der Waals surface area contributed by atoms with Gasteiger partial charge in [0.05, 0.1) is 6.07 Å². The topological polar surface area (TPSA) is 82.0 Å². The summed E-state index contributed by atoms with van der Waals surface area (Å²) in [4.78, 5) is 23.6. The highest BCUT2D eigenvalue weighted by Gasteiger charge is 2.09. The molecule has 0 radical (unpaired) electrons. The molecular formula is C19H18ClN3O2. The third-order valence-corrected chi connectivity index (χ3v) is 3.96. The summed E-state index contributed by atoms with van der Waals surface area (Å²) in [6, 6.07) is 16.5. The minimum atomic E-state index is -0.345. The molecule has 2 rings (SSSR count). The molecule has 6 heteroatoms. The van der Waals surface area contributed by atoms with E-state index in [1.807, 2.05) is 36.4 Å². The fourth-order valence-corrected chi connectivity index (χ4v) is 2.52. The Morgan fingerprint density at radius 2 is 1.68 bits per heavy atom. The number of amides is 2. The molecule has 128 valence electrons. The molecule has 0 spiro atoms. The average Bonchev–Trinajstić information content (AvgIpc) is 2.60. The van der Waals surface area contributed by atoms with Crippen molar-refractivity contribution in [2.45, 2.75) is 25.8 Å². The lowest BCUT2D eigenvalue weighted by molar-refractivity contribution is -0.120. The van der Waals surface area contributed by atoms with Crippen LogP contribution in [-0.2, 0) is 22.6 Å². The van der Waals surface area contributed by atoms with Crippen LogP contribution in [0.25, 0.3) is 0 Å². The first kappa shape index (κ1) is 18.5. The Hall–Kier alpha value is -2.84. The number of carbonyl (C=O) groups is 2. The Kier molecular flexibility index (Phi) is 7.00. The molecule has 0 aromatic heterocycles. The fourth-order valence-electron chi connectivity index (χ4n) is 2.29. The molecule has 0 aliphatic rings. The van der Waals surface area contributed by atoms with Crippen LogP contribution >= 0.6 is 11.6 Å². The summed E-state index contributed by atoms with van der Waals surface area (Å²) >= 11 is 6.09. The Labute approximate surface area is 151 Å². The number of anilines is 1. The molecule has 0 aliphatic carbocycles. The summed E-state index contributed by atoms with van der Waals surface area (Å²) < 4.78 is 0. The second-order valence-corrected chi connectivity index (χ2v) is 5.82. The highest BCUT2D eigenvalue weighted by Crippen LogP contribution is 2.18. The summed E-state index contributed by atoms with van der Waals surface area (Å²) in [6.45, 7) is 0.251. The van der Waals surface area contributed by atoms with Gasteiger partial charge in [-0.25, -0.2) is 0 Å². The van der Waals surface area contributed by atoms with Crippen molar-refractivity contribution in [1.29, 1.82) is 5.26 Å². The number of nitriles is 1. The van der Waals surface area contributed by atoms with Crippen molar-refractivity contribution in [3.05, 3.63) is 64.7 Å². The largest absolute Gasteiger partial charge is 0.351 e. The SMILES string of the molecule is N#CCC(=O)NCc1ccccc1NC(=O)CCc1ccccc1Cl. The van der Waals surface area contributed by atoms with E-state index in [4.69, 9.17) is 16.9 Å². The Balaban J connectivity index is 1.93. The van der Waals surface area contributed by atoms with Gasteiger partial charge < -0.3 is 10.6 Å². The van der Waals surface area contributed by atoms with Crippen molar-refractivity contribution in [1.82, 2.24) is 5.32 Å². The summed E-state index contributed by atoms with van der Waals surface area (Å²) in [5.74, 6) is -0.474. The van der Waals surface area contributed by atoms with E-state index >= 15 is 0 Å². The maximum absolute atomic E-state index is 12.2. The van der Waals surface area contributed by atoms with Gasteiger partial charge in [-0.05, 0) is 29.7 Å². The summed E-state index contributed by atoms with van der Waals surface area (Å²) in [5.41, 5.74) is 2.35. The van der Waals surface area contributed by atoms with Crippen LogP contribution in [0.4, 0.5) is 5.69 Å². The van der Waals surface area contributed by atoms with Gasteiger partial charge in [-0.3, -0.25) is 9.59 Å². The Morgan fingerprint density at radius 1 is 1.00 bits per heavy atom. The van der Waals surface area contributed by atoms with Crippen molar-refractivity contribution in [3.63, 3.8) is 0 Å². The third-order valence-electron chi connectivity index (χ3n) is 3.59. The molecule has 0 atom stereocenters. The number of nitrogens with one attached hydrogen (secondary N) is 2. The highest BCUT2D eigenvalue weighted by atomic mass is 35.5. The molecule has 2 aromatic rings. The van der Waals surface area contributed by atoms with E-state index in [9.17, 15) is 9.59 Å². The minimum Gasteiger partial charge on any atom is -0.351 e. The minimum absolute atomic E-state index is 0.129. The first-order valence-electron chi connectivity index (χ1n) is 7.85. The number of nitrogens with zero attached hydrogens (tertiary/aromatic N) is 1. The quantitative estimate of drug-likeness (QED) is 0.798. The standard InChI is InChI=1S/C19H18ClN3O2/c20-16-7-3-1-5-14(16)9-10-19(25)23-17-8-4-2-6-15(17)13-22-18(24)11-12-21/h1-8H,9-11,13H2,(H,22,24)(H,23,25). The molecule has 2 N–H and O–H groups in total. The molecule has 2 amide bonds. The predicted octanol–water partition coefficient (Wildman–Crippen LogP) is 3.44. The lowest BCUT2D eigenvalue weighted by Crippen LogP contribution is -2.23. The van der Waals surface area contributed by atoms with Gasteiger partial charge >= 0.3 is 0 Å². The van der Waals surface area contributed by atoms with Crippen LogP contribution in [0.1, 0.15) is 24.0 Å². The monoisotopic (exact) mass is 355 g/mol. The van der Waals surface area contributed by atoms with Crippen LogP contribution in [0.2, 0.25) is 5.02 Å². The van der Waals surface area contributed by atoms with Crippen LogP contribution in [-0.4, -0.2) is 11.8 Å². The van der Waals surface area contributed by atoms with Crippen molar-refractivity contribution < 1.29 is 9.59 Å². The maximum Gasteiger partial charge on any atom is 0.234 e. The molecule has 5 nitrogen and oxygen atoms in total.